The average molecular weight is 261 g/mol. The summed E-state index contributed by atoms with van der Waals surface area (Å²) in [5, 5.41) is 8.77. The van der Waals surface area contributed by atoms with Crippen molar-refractivity contribution in [3.63, 3.8) is 0 Å². The number of benzene rings is 2. The van der Waals surface area contributed by atoms with Gasteiger partial charge in [-0.1, -0.05) is 54.6 Å². The summed E-state index contributed by atoms with van der Waals surface area (Å²) in [6, 6.07) is 16.8. The number of rotatable bonds is 3. The van der Waals surface area contributed by atoms with Crippen LogP contribution in [0.5, 0.6) is 0 Å². The molecule has 0 saturated carbocycles. The topological polar surface area (TPSA) is 37.3 Å². The van der Waals surface area contributed by atoms with Crippen LogP contribution in [0.4, 0.5) is 0 Å². The number of carbonyl (C=O) groups is 1. The van der Waals surface area contributed by atoms with Crippen molar-refractivity contribution in [2.24, 2.45) is 0 Å². The van der Waals surface area contributed by atoms with Crippen LogP contribution in [-0.4, -0.2) is 11.1 Å². The summed E-state index contributed by atoms with van der Waals surface area (Å²) >= 11 is 0. The number of carboxylic acids is 1. The van der Waals surface area contributed by atoms with Crippen molar-refractivity contribution in [2.45, 2.75) is 0 Å². The van der Waals surface area contributed by atoms with Crippen molar-refractivity contribution < 1.29 is 9.90 Å². The molecule has 0 heterocycles. The van der Waals surface area contributed by atoms with Gasteiger partial charge in [0, 0.05) is 0 Å². The number of hydrogen-bond acceptors (Lipinski definition) is 1. The monoisotopic (exact) mass is 260 g/mol. The van der Waals surface area contributed by atoms with Gasteiger partial charge in [-0.2, -0.15) is 0 Å². The van der Waals surface area contributed by atoms with Gasteiger partial charge in [0.25, 0.3) is 0 Å². The molecule has 2 aromatic rings. The summed E-state index contributed by atoms with van der Waals surface area (Å²) in [5.41, 5.74) is 2.41. The minimum Gasteiger partial charge on any atom is -0.478 e. The molecule has 92 valence electrons. The molecule has 18 heavy (non-hydrogen) atoms. The molecular weight excluding hydrogens is 248 g/mol. The molecule has 0 fully saturated rings. The number of aromatic carboxylic acids is 1. The summed E-state index contributed by atoms with van der Waals surface area (Å²) < 4.78 is 0. The normalized spacial score (nSPS) is 10.0. The zero-order chi connectivity index (χ0) is 12.1. The molecule has 0 atom stereocenters. The Morgan fingerprint density at radius 2 is 1.33 bits per heavy atom. The van der Waals surface area contributed by atoms with Crippen molar-refractivity contribution in [3.8, 4) is 0 Å². The van der Waals surface area contributed by atoms with Gasteiger partial charge in [-0.3, -0.25) is 0 Å². The largest absolute Gasteiger partial charge is 0.478 e. The van der Waals surface area contributed by atoms with Gasteiger partial charge in [-0.15, -0.1) is 12.4 Å². The number of halogens is 1. The predicted octanol–water partition coefficient (Wildman–Crippen LogP) is 3.98. The molecule has 0 amide bonds. The van der Waals surface area contributed by atoms with Gasteiger partial charge in [0.05, 0.1) is 5.56 Å². The van der Waals surface area contributed by atoms with Crippen molar-refractivity contribution in [3.05, 3.63) is 71.3 Å². The molecular formula is C15H13ClO2. The van der Waals surface area contributed by atoms with Gasteiger partial charge in [0.2, 0.25) is 0 Å². The van der Waals surface area contributed by atoms with E-state index in [4.69, 9.17) is 5.11 Å². The highest BCUT2D eigenvalue weighted by atomic mass is 35.5. The summed E-state index contributed by atoms with van der Waals surface area (Å²) in [6.07, 6.45) is 3.96. The van der Waals surface area contributed by atoms with E-state index in [1.165, 1.54) is 0 Å². The molecule has 2 aromatic carbocycles. The molecule has 2 rings (SSSR count). The molecule has 0 saturated heterocycles. The third-order valence-corrected chi connectivity index (χ3v) is 2.43. The number of hydrogen-bond donors (Lipinski definition) is 1. The standard InChI is InChI=1S/C15H12O2.ClH/c16-15(17)14-10-8-13(9-11-14)7-6-12-4-2-1-3-5-12;/h1-11H,(H,16,17);1H. The van der Waals surface area contributed by atoms with Crippen molar-refractivity contribution >= 4 is 30.5 Å². The second-order valence-electron chi connectivity index (χ2n) is 3.67. The summed E-state index contributed by atoms with van der Waals surface area (Å²) in [7, 11) is 0. The predicted molar refractivity (Wildman–Crippen MR) is 76.0 cm³/mol. The first-order valence-electron chi connectivity index (χ1n) is 5.32. The molecule has 0 aliphatic heterocycles. The van der Waals surface area contributed by atoms with E-state index in [1.54, 1.807) is 24.3 Å². The Morgan fingerprint density at radius 1 is 0.833 bits per heavy atom. The van der Waals surface area contributed by atoms with Gasteiger partial charge in [0.15, 0.2) is 0 Å². The Bertz CT molecular complexity index is 530. The lowest BCUT2D eigenvalue weighted by Crippen LogP contribution is -1.94. The van der Waals surface area contributed by atoms with Crippen LogP contribution < -0.4 is 0 Å². The van der Waals surface area contributed by atoms with Crippen LogP contribution in [0.25, 0.3) is 12.2 Å². The second kappa shape index (κ2) is 6.62. The first-order chi connectivity index (χ1) is 8.25. The highest BCUT2D eigenvalue weighted by Crippen LogP contribution is 2.09. The van der Waals surface area contributed by atoms with Crippen LogP contribution in [0, 0.1) is 0 Å². The van der Waals surface area contributed by atoms with E-state index >= 15 is 0 Å². The van der Waals surface area contributed by atoms with Crippen molar-refractivity contribution in [1.29, 1.82) is 0 Å². The van der Waals surface area contributed by atoms with Crippen LogP contribution in [-0.2, 0) is 0 Å². The van der Waals surface area contributed by atoms with Crippen molar-refractivity contribution in [2.75, 3.05) is 0 Å². The third-order valence-electron chi connectivity index (χ3n) is 2.43. The molecule has 3 heteroatoms. The van der Waals surface area contributed by atoms with Gasteiger partial charge in [-0.25, -0.2) is 4.79 Å². The first kappa shape index (κ1) is 14.0. The van der Waals surface area contributed by atoms with Gasteiger partial charge >= 0.3 is 5.97 Å². The molecule has 0 bridgehead atoms. The minimum atomic E-state index is -0.899. The van der Waals surface area contributed by atoms with Crippen molar-refractivity contribution in [1.82, 2.24) is 0 Å². The molecule has 0 aliphatic carbocycles. The van der Waals surface area contributed by atoms with Crippen LogP contribution in [0.15, 0.2) is 54.6 Å². The van der Waals surface area contributed by atoms with Crippen LogP contribution >= 0.6 is 12.4 Å². The lowest BCUT2D eigenvalue weighted by Gasteiger charge is -1.96. The highest BCUT2D eigenvalue weighted by molar-refractivity contribution is 5.88. The SMILES string of the molecule is Cl.O=C(O)c1ccc(C=Cc2ccccc2)cc1. The summed E-state index contributed by atoms with van der Waals surface area (Å²) in [4.78, 5) is 10.7. The maximum absolute atomic E-state index is 10.7. The smallest absolute Gasteiger partial charge is 0.335 e. The first-order valence-corrected chi connectivity index (χ1v) is 5.32. The Balaban J connectivity index is 0.00000162. The van der Waals surface area contributed by atoms with E-state index in [9.17, 15) is 4.79 Å². The fourth-order valence-corrected chi connectivity index (χ4v) is 1.49. The average Bonchev–Trinajstić information content (AvgIpc) is 2.38. The van der Waals surface area contributed by atoms with Gasteiger partial charge in [0.1, 0.15) is 0 Å². The molecule has 0 spiro atoms. The molecule has 0 aromatic heterocycles. The van der Waals surface area contributed by atoms with Crippen LogP contribution in [0.2, 0.25) is 0 Å². The lowest BCUT2D eigenvalue weighted by atomic mass is 10.1. The Morgan fingerprint density at radius 3 is 1.83 bits per heavy atom. The highest BCUT2D eigenvalue weighted by Gasteiger charge is 1.99. The van der Waals surface area contributed by atoms with Crippen LogP contribution in [0.1, 0.15) is 21.5 Å². The van der Waals surface area contributed by atoms with E-state index < -0.39 is 5.97 Å². The molecule has 2 nitrogen and oxygen atoms in total. The van der Waals surface area contributed by atoms with E-state index in [2.05, 4.69) is 0 Å². The maximum Gasteiger partial charge on any atom is 0.335 e. The lowest BCUT2D eigenvalue weighted by molar-refractivity contribution is 0.0697. The van der Waals surface area contributed by atoms with Gasteiger partial charge in [-0.05, 0) is 23.3 Å². The second-order valence-corrected chi connectivity index (χ2v) is 3.67. The maximum atomic E-state index is 10.7. The number of carboxylic acid groups (broad SMARTS) is 1. The fourth-order valence-electron chi connectivity index (χ4n) is 1.49. The Hall–Kier alpha value is -2.06. The quantitative estimate of drug-likeness (QED) is 0.848. The fraction of sp³-hybridized carbons (Fsp3) is 0. The molecule has 0 unspecified atom stereocenters. The minimum absolute atomic E-state index is 0. The summed E-state index contributed by atoms with van der Waals surface area (Å²) in [5.74, 6) is -0.899. The van der Waals surface area contributed by atoms with E-state index in [0.717, 1.165) is 11.1 Å². The van der Waals surface area contributed by atoms with Gasteiger partial charge < -0.3 is 5.11 Å². The van der Waals surface area contributed by atoms with E-state index in [1.807, 2.05) is 42.5 Å². The van der Waals surface area contributed by atoms with E-state index in [0.29, 0.717) is 5.56 Å². The van der Waals surface area contributed by atoms with Crippen LogP contribution in [0.3, 0.4) is 0 Å². The summed E-state index contributed by atoms with van der Waals surface area (Å²) in [6.45, 7) is 0. The zero-order valence-electron chi connectivity index (χ0n) is 9.61. The van der Waals surface area contributed by atoms with E-state index in [-0.39, 0.29) is 12.4 Å². The zero-order valence-corrected chi connectivity index (χ0v) is 10.4. The Kier molecular flexibility index (Phi) is 5.15. The molecule has 0 aliphatic rings. The molecule has 1 N–H and O–H groups in total. The third kappa shape index (κ3) is 3.75. The molecule has 0 radical (unpaired) electrons. The Labute approximate surface area is 112 Å².